The average Bonchev–Trinajstić information content (AvgIpc) is 3.47. The van der Waals surface area contributed by atoms with Crippen LogP contribution in [0.1, 0.15) is 42.1 Å². The van der Waals surface area contributed by atoms with Crippen molar-refractivity contribution < 1.29 is 19.2 Å². The zero-order valence-corrected chi connectivity index (χ0v) is 18.0. The molecular formula is C26H26N2O4. The van der Waals surface area contributed by atoms with Gasteiger partial charge in [-0.3, -0.25) is 24.1 Å². The summed E-state index contributed by atoms with van der Waals surface area (Å²) in [6, 6.07) is 15.2. The molecule has 2 aliphatic carbocycles. The number of ketones is 1. The second-order valence-electron chi connectivity index (χ2n) is 9.26. The Balaban J connectivity index is 1.45. The average molecular weight is 431 g/mol. The maximum atomic E-state index is 13.4. The normalized spacial score (nSPS) is 26.8. The number of benzene rings is 2. The summed E-state index contributed by atoms with van der Waals surface area (Å²) in [5.74, 6) is -0.916. The Morgan fingerprint density at radius 3 is 2.25 bits per heavy atom. The molecule has 6 nitrogen and oxygen atoms in total. The lowest BCUT2D eigenvalue weighted by Crippen LogP contribution is -2.49. The van der Waals surface area contributed by atoms with Gasteiger partial charge in [-0.05, 0) is 55.7 Å². The first-order chi connectivity index (χ1) is 15.4. The van der Waals surface area contributed by atoms with Crippen LogP contribution in [0.5, 0.6) is 0 Å². The lowest BCUT2D eigenvalue weighted by Gasteiger charge is -2.27. The third-order valence-corrected chi connectivity index (χ3v) is 7.38. The molecule has 0 radical (unpaired) electrons. The van der Waals surface area contributed by atoms with E-state index in [1.807, 2.05) is 30.3 Å². The Labute approximate surface area is 187 Å². The van der Waals surface area contributed by atoms with Crippen LogP contribution in [-0.4, -0.2) is 34.4 Å². The summed E-state index contributed by atoms with van der Waals surface area (Å²) in [5, 5.41) is 2.84. The molecule has 3 fully saturated rings. The maximum Gasteiger partial charge on any atom is 0.248 e. The highest BCUT2D eigenvalue weighted by Gasteiger charge is 2.62. The highest BCUT2D eigenvalue weighted by Crippen LogP contribution is 2.56. The monoisotopic (exact) mass is 430 g/mol. The Hall–Kier alpha value is -3.28. The number of amides is 3. The fraction of sp³-hybridized carbons (Fsp3) is 0.385. The van der Waals surface area contributed by atoms with Crippen LogP contribution in [0.25, 0.3) is 0 Å². The Morgan fingerprint density at radius 1 is 0.969 bits per heavy atom. The molecule has 2 aromatic carbocycles. The Bertz CT molecular complexity index is 1070. The van der Waals surface area contributed by atoms with Crippen molar-refractivity contribution in [2.45, 2.75) is 38.6 Å². The number of fused-ring (bicyclic) bond motifs is 5. The summed E-state index contributed by atoms with van der Waals surface area (Å²) in [6.07, 6.45) is 3.19. The standard InChI is InChI=1S/C26H26N2O4/c1-15(29)17-8-5-9-20(14-17)27-24(30)21(12-16-6-3-2-4-7-16)28-25(31)22-18-10-11-19(13-18)23(22)26(28)32/h2-9,14,18-19,21-23H,10-13H2,1H3,(H,27,30)/t18-,19-,21+,22-,23+/m1/s1. The summed E-state index contributed by atoms with van der Waals surface area (Å²) < 4.78 is 0. The van der Waals surface area contributed by atoms with E-state index in [1.54, 1.807) is 24.3 Å². The van der Waals surface area contributed by atoms with Gasteiger partial charge in [-0.2, -0.15) is 0 Å². The van der Waals surface area contributed by atoms with E-state index in [4.69, 9.17) is 0 Å². The molecule has 5 atom stereocenters. The topological polar surface area (TPSA) is 83.6 Å². The molecule has 0 unspecified atom stereocenters. The first-order valence-electron chi connectivity index (χ1n) is 11.3. The third-order valence-electron chi connectivity index (χ3n) is 7.38. The van der Waals surface area contributed by atoms with E-state index in [-0.39, 0.29) is 47.7 Å². The van der Waals surface area contributed by atoms with Gasteiger partial charge in [0.25, 0.3) is 0 Å². The summed E-state index contributed by atoms with van der Waals surface area (Å²) in [5.41, 5.74) is 1.84. The van der Waals surface area contributed by atoms with E-state index in [0.717, 1.165) is 24.8 Å². The number of Topliss-reactive ketones (excluding diaryl/α,β-unsaturated/α-hetero) is 1. The number of carbonyl (C=O) groups is 4. The van der Waals surface area contributed by atoms with E-state index in [0.29, 0.717) is 11.3 Å². The minimum absolute atomic E-state index is 0.102. The van der Waals surface area contributed by atoms with Crippen molar-refractivity contribution in [1.82, 2.24) is 4.90 Å². The van der Waals surface area contributed by atoms with E-state index >= 15 is 0 Å². The van der Waals surface area contributed by atoms with Gasteiger partial charge in [0.2, 0.25) is 17.7 Å². The van der Waals surface area contributed by atoms with Crippen molar-refractivity contribution in [3.8, 4) is 0 Å². The van der Waals surface area contributed by atoms with Gasteiger partial charge in [0.15, 0.2) is 5.78 Å². The SMILES string of the molecule is CC(=O)c1cccc(NC(=O)[C@H](Cc2ccccc2)N2C(=O)[C@@H]3[C@@H]4CC[C@H](C4)[C@@H]3C2=O)c1. The van der Waals surface area contributed by atoms with E-state index < -0.39 is 11.9 Å². The molecule has 3 amide bonds. The number of imide groups is 1. The van der Waals surface area contributed by atoms with E-state index in [2.05, 4.69) is 5.32 Å². The van der Waals surface area contributed by atoms with Crippen LogP contribution in [0.3, 0.4) is 0 Å². The highest BCUT2D eigenvalue weighted by atomic mass is 16.2. The molecule has 1 aliphatic heterocycles. The number of rotatable bonds is 6. The quantitative estimate of drug-likeness (QED) is 0.562. The van der Waals surface area contributed by atoms with Crippen LogP contribution >= 0.6 is 0 Å². The second kappa shape index (κ2) is 8.01. The highest BCUT2D eigenvalue weighted by molar-refractivity contribution is 6.10. The number of hydrogen-bond acceptors (Lipinski definition) is 4. The summed E-state index contributed by atoms with van der Waals surface area (Å²) in [7, 11) is 0. The van der Waals surface area contributed by atoms with Crippen molar-refractivity contribution in [1.29, 1.82) is 0 Å². The second-order valence-corrected chi connectivity index (χ2v) is 9.26. The van der Waals surface area contributed by atoms with Gasteiger partial charge in [-0.1, -0.05) is 42.5 Å². The smallest absolute Gasteiger partial charge is 0.248 e. The molecule has 1 saturated heterocycles. The van der Waals surface area contributed by atoms with E-state index in [9.17, 15) is 19.2 Å². The van der Waals surface area contributed by atoms with Crippen molar-refractivity contribution in [3.63, 3.8) is 0 Å². The van der Waals surface area contributed by atoms with Crippen LogP contribution in [0.4, 0.5) is 5.69 Å². The molecule has 1 N–H and O–H groups in total. The van der Waals surface area contributed by atoms with Gasteiger partial charge in [0, 0.05) is 17.7 Å². The fourth-order valence-corrected chi connectivity index (χ4v) is 5.92. The molecule has 6 heteroatoms. The predicted octanol–water partition coefficient (Wildman–Crippen LogP) is 3.47. The summed E-state index contributed by atoms with van der Waals surface area (Å²) in [6.45, 7) is 1.47. The number of likely N-dealkylation sites (tertiary alicyclic amines) is 1. The van der Waals surface area contributed by atoms with Crippen LogP contribution in [0.15, 0.2) is 54.6 Å². The number of hydrogen-bond donors (Lipinski definition) is 1. The minimum atomic E-state index is -0.927. The number of nitrogens with zero attached hydrogens (tertiary/aromatic N) is 1. The first-order valence-corrected chi connectivity index (χ1v) is 11.3. The fourth-order valence-electron chi connectivity index (χ4n) is 5.92. The Kier molecular flexibility index (Phi) is 5.16. The molecule has 5 rings (SSSR count). The molecule has 0 aromatic heterocycles. The van der Waals surface area contributed by atoms with Crippen molar-refractivity contribution in [2.24, 2.45) is 23.7 Å². The van der Waals surface area contributed by atoms with Crippen LogP contribution in [0.2, 0.25) is 0 Å². The van der Waals surface area contributed by atoms with Gasteiger partial charge in [0.05, 0.1) is 11.8 Å². The summed E-state index contributed by atoms with van der Waals surface area (Å²) in [4.78, 5) is 53.2. The van der Waals surface area contributed by atoms with Gasteiger partial charge in [0.1, 0.15) is 6.04 Å². The number of anilines is 1. The molecule has 1 heterocycles. The minimum Gasteiger partial charge on any atom is -0.324 e. The molecule has 2 bridgehead atoms. The molecule has 164 valence electrons. The van der Waals surface area contributed by atoms with Gasteiger partial charge in [-0.25, -0.2) is 0 Å². The lowest BCUT2D eigenvalue weighted by molar-refractivity contribution is -0.147. The van der Waals surface area contributed by atoms with Gasteiger partial charge in [-0.15, -0.1) is 0 Å². The first kappa shape index (κ1) is 20.6. The van der Waals surface area contributed by atoms with Crippen LogP contribution in [0, 0.1) is 23.7 Å². The zero-order chi connectivity index (χ0) is 22.4. The Morgan fingerprint density at radius 2 is 1.62 bits per heavy atom. The molecule has 2 saturated carbocycles. The van der Waals surface area contributed by atoms with Crippen molar-refractivity contribution >= 4 is 29.2 Å². The number of nitrogens with one attached hydrogen (secondary N) is 1. The van der Waals surface area contributed by atoms with Crippen LogP contribution in [-0.2, 0) is 20.8 Å². The van der Waals surface area contributed by atoms with Crippen LogP contribution < -0.4 is 5.32 Å². The molecule has 2 aromatic rings. The van der Waals surface area contributed by atoms with Crippen molar-refractivity contribution in [3.05, 3.63) is 65.7 Å². The summed E-state index contributed by atoms with van der Waals surface area (Å²) >= 11 is 0. The molecular weight excluding hydrogens is 404 g/mol. The third kappa shape index (κ3) is 3.44. The molecule has 32 heavy (non-hydrogen) atoms. The van der Waals surface area contributed by atoms with Gasteiger partial charge < -0.3 is 5.32 Å². The lowest BCUT2D eigenvalue weighted by atomic mass is 9.81. The largest absolute Gasteiger partial charge is 0.324 e. The van der Waals surface area contributed by atoms with Gasteiger partial charge >= 0.3 is 0 Å². The predicted molar refractivity (Wildman–Crippen MR) is 119 cm³/mol. The van der Waals surface area contributed by atoms with E-state index in [1.165, 1.54) is 11.8 Å². The molecule has 0 spiro atoms. The number of carbonyl (C=O) groups excluding carboxylic acids is 4. The maximum absolute atomic E-state index is 13.4. The molecule has 3 aliphatic rings. The van der Waals surface area contributed by atoms with Crippen molar-refractivity contribution in [2.75, 3.05) is 5.32 Å². The zero-order valence-electron chi connectivity index (χ0n) is 18.0.